The molecule has 2 aromatic carbocycles. The molecule has 3 rings (SSSR count). The monoisotopic (exact) mass is 304 g/mol. The maximum absolute atomic E-state index is 13.7. The van der Waals surface area contributed by atoms with Gasteiger partial charge in [-0.15, -0.1) is 0 Å². The summed E-state index contributed by atoms with van der Waals surface area (Å²) < 4.78 is 41.0. The molecule has 1 heterocycles. The molecule has 1 amide bonds. The number of hydrogen-bond acceptors (Lipinski definition) is 2. The highest BCUT2D eigenvalue weighted by atomic mass is 19.4. The van der Waals surface area contributed by atoms with Gasteiger partial charge in [0.05, 0.1) is 0 Å². The second-order valence-corrected chi connectivity index (χ2v) is 4.85. The fourth-order valence-electron chi connectivity index (χ4n) is 2.41. The molecule has 6 heteroatoms. The van der Waals surface area contributed by atoms with Gasteiger partial charge in [-0.25, -0.2) is 4.99 Å². The van der Waals surface area contributed by atoms with Crippen LogP contribution < -0.4 is 5.32 Å². The second-order valence-electron chi connectivity index (χ2n) is 4.85. The molecule has 1 atom stereocenters. The van der Waals surface area contributed by atoms with Crippen molar-refractivity contribution in [3.05, 3.63) is 71.8 Å². The molecule has 0 fully saturated rings. The van der Waals surface area contributed by atoms with E-state index in [9.17, 15) is 18.0 Å². The first-order chi connectivity index (χ1) is 10.4. The minimum atomic E-state index is -4.84. The summed E-state index contributed by atoms with van der Waals surface area (Å²) in [4.78, 5) is 15.9. The van der Waals surface area contributed by atoms with Crippen LogP contribution in [0.1, 0.15) is 11.1 Å². The highest BCUT2D eigenvalue weighted by Gasteiger charge is 2.64. The third-order valence-corrected chi connectivity index (χ3v) is 3.49. The van der Waals surface area contributed by atoms with Gasteiger partial charge in [-0.3, -0.25) is 4.79 Å². The maximum atomic E-state index is 13.7. The molecule has 0 radical (unpaired) electrons. The molecule has 2 aromatic rings. The Morgan fingerprint density at radius 2 is 1.45 bits per heavy atom. The van der Waals surface area contributed by atoms with E-state index in [0.29, 0.717) is 5.56 Å². The van der Waals surface area contributed by atoms with Gasteiger partial charge in [0.25, 0.3) is 11.4 Å². The number of amides is 1. The quantitative estimate of drug-likeness (QED) is 0.910. The standard InChI is InChI=1S/C16H11F3N2O/c17-16(18,19)15(12-9-5-2-6-10-12)14(22)20-13(21-15)11-7-3-1-4-8-11/h1-10H,(H,20,21,22)/t15-/m1/s1. The van der Waals surface area contributed by atoms with Gasteiger partial charge in [0.1, 0.15) is 5.84 Å². The number of carbonyl (C=O) groups is 1. The molecular weight excluding hydrogens is 293 g/mol. The van der Waals surface area contributed by atoms with Crippen LogP contribution in [0.5, 0.6) is 0 Å². The summed E-state index contributed by atoms with van der Waals surface area (Å²) in [6.07, 6.45) is -4.84. The van der Waals surface area contributed by atoms with Crippen molar-refractivity contribution in [3.8, 4) is 0 Å². The Kier molecular flexibility index (Phi) is 3.24. The Bertz CT molecular complexity index is 726. The number of nitrogens with zero attached hydrogens (tertiary/aromatic N) is 1. The fourth-order valence-corrected chi connectivity index (χ4v) is 2.41. The van der Waals surface area contributed by atoms with Crippen molar-refractivity contribution in [1.29, 1.82) is 0 Å². The number of halogens is 3. The molecular formula is C16H11F3N2O. The lowest BCUT2D eigenvalue weighted by Crippen LogP contribution is -2.48. The number of rotatable bonds is 2. The van der Waals surface area contributed by atoms with Crippen molar-refractivity contribution in [2.24, 2.45) is 4.99 Å². The largest absolute Gasteiger partial charge is 0.427 e. The van der Waals surface area contributed by atoms with Gasteiger partial charge in [0.15, 0.2) is 0 Å². The average Bonchev–Trinajstić information content (AvgIpc) is 2.87. The summed E-state index contributed by atoms with van der Waals surface area (Å²) in [5.41, 5.74) is -2.68. The van der Waals surface area contributed by atoms with Crippen LogP contribution in [-0.4, -0.2) is 17.9 Å². The van der Waals surface area contributed by atoms with Gasteiger partial charge in [0, 0.05) is 5.56 Å². The minimum Gasteiger partial charge on any atom is -0.308 e. The van der Waals surface area contributed by atoms with Crippen LogP contribution in [0.15, 0.2) is 65.7 Å². The molecule has 0 spiro atoms. The first-order valence-corrected chi connectivity index (χ1v) is 6.54. The highest BCUT2D eigenvalue weighted by Crippen LogP contribution is 2.45. The molecule has 3 nitrogen and oxygen atoms in total. The summed E-state index contributed by atoms with van der Waals surface area (Å²) in [5.74, 6) is -1.27. The molecule has 0 aliphatic carbocycles. The van der Waals surface area contributed by atoms with Crippen LogP contribution in [0.2, 0.25) is 0 Å². The minimum absolute atomic E-state index is 0.0771. The Morgan fingerprint density at radius 3 is 2.00 bits per heavy atom. The second kappa shape index (κ2) is 4.98. The van der Waals surface area contributed by atoms with Crippen molar-refractivity contribution in [3.63, 3.8) is 0 Å². The highest BCUT2D eigenvalue weighted by molar-refractivity contribution is 6.15. The van der Waals surface area contributed by atoms with E-state index in [2.05, 4.69) is 10.3 Å². The van der Waals surface area contributed by atoms with E-state index in [0.717, 1.165) is 0 Å². The van der Waals surface area contributed by atoms with Gasteiger partial charge in [-0.2, -0.15) is 13.2 Å². The first kappa shape index (κ1) is 14.3. The van der Waals surface area contributed by atoms with Crippen molar-refractivity contribution < 1.29 is 18.0 Å². The Labute approximate surface area is 124 Å². The average molecular weight is 304 g/mol. The third-order valence-electron chi connectivity index (χ3n) is 3.49. The lowest BCUT2D eigenvalue weighted by atomic mass is 9.89. The van der Waals surface area contributed by atoms with Crippen molar-refractivity contribution >= 4 is 11.7 Å². The van der Waals surface area contributed by atoms with Crippen molar-refractivity contribution in [2.75, 3.05) is 0 Å². The number of benzene rings is 2. The SMILES string of the molecule is O=C1NC(c2ccccc2)=N[C@@]1(c1ccccc1)C(F)(F)F. The third kappa shape index (κ3) is 2.07. The zero-order chi connectivity index (χ0) is 15.8. The van der Waals surface area contributed by atoms with Crippen LogP contribution in [0.3, 0.4) is 0 Å². The summed E-state index contributed by atoms with van der Waals surface area (Å²) >= 11 is 0. The van der Waals surface area contributed by atoms with Crippen molar-refractivity contribution in [2.45, 2.75) is 11.7 Å². The smallest absolute Gasteiger partial charge is 0.308 e. The number of aliphatic imine (C=N–C) groups is 1. The van der Waals surface area contributed by atoms with E-state index >= 15 is 0 Å². The lowest BCUT2D eigenvalue weighted by Gasteiger charge is -2.26. The summed E-state index contributed by atoms with van der Waals surface area (Å²) in [7, 11) is 0. The zero-order valence-corrected chi connectivity index (χ0v) is 11.3. The normalized spacial score (nSPS) is 21.4. The van der Waals surface area contributed by atoms with E-state index in [1.807, 2.05) is 0 Å². The Balaban J connectivity index is 2.19. The molecule has 0 bridgehead atoms. The zero-order valence-electron chi connectivity index (χ0n) is 11.3. The van der Waals surface area contributed by atoms with E-state index in [1.54, 1.807) is 36.4 Å². The predicted octanol–water partition coefficient (Wildman–Crippen LogP) is 3.02. The van der Waals surface area contributed by atoms with E-state index in [4.69, 9.17) is 0 Å². The number of hydrogen-bond donors (Lipinski definition) is 1. The number of nitrogens with one attached hydrogen (secondary N) is 1. The summed E-state index contributed by atoms with van der Waals surface area (Å²) in [6, 6.07) is 15.2. The van der Waals surface area contributed by atoms with E-state index in [1.165, 1.54) is 24.3 Å². The molecule has 1 aliphatic rings. The predicted molar refractivity (Wildman–Crippen MR) is 75.3 cm³/mol. The van der Waals surface area contributed by atoms with Crippen LogP contribution in [-0.2, 0) is 10.3 Å². The van der Waals surface area contributed by atoms with E-state index < -0.39 is 17.6 Å². The molecule has 0 aromatic heterocycles. The summed E-state index contributed by atoms with van der Waals surface area (Å²) in [6.45, 7) is 0. The number of amidine groups is 1. The number of carbonyl (C=O) groups excluding carboxylic acids is 1. The first-order valence-electron chi connectivity index (χ1n) is 6.54. The van der Waals surface area contributed by atoms with Gasteiger partial charge in [0.2, 0.25) is 0 Å². The molecule has 1 aliphatic heterocycles. The topological polar surface area (TPSA) is 41.5 Å². The van der Waals surface area contributed by atoms with Gasteiger partial charge in [-0.05, 0) is 5.56 Å². The molecule has 0 saturated carbocycles. The Morgan fingerprint density at radius 1 is 0.909 bits per heavy atom. The van der Waals surface area contributed by atoms with Crippen LogP contribution in [0, 0.1) is 0 Å². The van der Waals surface area contributed by atoms with Crippen LogP contribution in [0.4, 0.5) is 13.2 Å². The van der Waals surface area contributed by atoms with Gasteiger partial charge < -0.3 is 5.32 Å². The molecule has 112 valence electrons. The summed E-state index contributed by atoms with van der Waals surface area (Å²) in [5, 5.41) is 2.26. The van der Waals surface area contributed by atoms with Gasteiger partial charge in [-0.1, -0.05) is 60.7 Å². The lowest BCUT2D eigenvalue weighted by molar-refractivity contribution is -0.190. The van der Waals surface area contributed by atoms with E-state index in [-0.39, 0.29) is 11.4 Å². The van der Waals surface area contributed by atoms with Crippen molar-refractivity contribution in [1.82, 2.24) is 5.32 Å². The number of alkyl halides is 3. The maximum Gasteiger partial charge on any atom is 0.427 e. The molecule has 1 N–H and O–H groups in total. The fraction of sp³-hybridized carbons (Fsp3) is 0.125. The molecule has 0 unspecified atom stereocenters. The molecule has 0 saturated heterocycles. The van der Waals surface area contributed by atoms with Crippen LogP contribution in [0.25, 0.3) is 0 Å². The van der Waals surface area contributed by atoms with Crippen LogP contribution >= 0.6 is 0 Å². The van der Waals surface area contributed by atoms with Gasteiger partial charge >= 0.3 is 6.18 Å². The molecule has 22 heavy (non-hydrogen) atoms. The Hall–Kier alpha value is -2.63.